The van der Waals surface area contributed by atoms with Gasteiger partial charge in [-0.25, -0.2) is 22.8 Å². The fourth-order valence-corrected chi connectivity index (χ4v) is 2.36. The van der Waals surface area contributed by atoms with Gasteiger partial charge in [0.1, 0.15) is 0 Å². The van der Waals surface area contributed by atoms with Crippen LogP contribution >= 0.6 is 0 Å². The van der Waals surface area contributed by atoms with E-state index in [1.807, 2.05) is 5.32 Å². The molecule has 0 fully saturated rings. The summed E-state index contributed by atoms with van der Waals surface area (Å²) in [4.78, 5) is 46.7. The Balaban J connectivity index is 1.83. The molecule has 12 heteroatoms. The maximum atomic E-state index is 13.6. The number of esters is 1. The maximum Gasteiger partial charge on any atom is 0.338 e. The molecule has 9 nitrogen and oxygen atoms in total. The molecule has 0 aliphatic heterocycles. The molecule has 0 bridgehead atoms. The standard InChI is InChI=1S/C20H19F3N4O5/c1-10(32-19(30)12-4-2-11(3-5-12)8-26-20(24)31)18(29)25-9-15(28)27-14-7-6-13(21)16(22)17(14)23/h2-7,10H,8-9H2,1H3,(H,25,29)(H,27,28)(H3,24,26,31). The van der Waals surface area contributed by atoms with Crippen molar-refractivity contribution in [2.45, 2.75) is 19.6 Å². The average Bonchev–Trinajstić information content (AvgIpc) is 2.76. The van der Waals surface area contributed by atoms with E-state index in [1.165, 1.54) is 19.1 Å². The lowest BCUT2D eigenvalue weighted by Gasteiger charge is -2.14. The van der Waals surface area contributed by atoms with Crippen molar-refractivity contribution in [3.05, 3.63) is 65.0 Å². The Morgan fingerprint density at radius 1 is 0.969 bits per heavy atom. The third-order valence-corrected chi connectivity index (χ3v) is 4.04. The van der Waals surface area contributed by atoms with Crippen LogP contribution < -0.4 is 21.7 Å². The number of carbonyl (C=O) groups is 4. The van der Waals surface area contributed by atoms with Gasteiger partial charge in [-0.1, -0.05) is 12.1 Å². The molecule has 0 saturated heterocycles. The minimum Gasteiger partial charge on any atom is -0.449 e. The Morgan fingerprint density at radius 2 is 1.62 bits per heavy atom. The van der Waals surface area contributed by atoms with Crippen molar-refractivity contribution in [2.75, 3.05) is 11.9 Å². The first-order valence-electron chi connectivity index (χ1n) is 9.12. The molecule has 1 atom stereocenters. The lowest BCUT2D eigenvalue weighted by atomic mass is 10.1. The molecule has 170 valence electrons. The normalized spacial score (nSPS) is 11.2. The predicted molar refractivity (Wildman–Crippen MR) is 106 cm³/mol. The van der Waals surface area contributed by atoms with Gasteiger partial charge in [0, 0.05) is 6.54 Å². The van der Waals surface area contributed by atoms with Crippen LogP contribution in [-0.2, 0) is 20.9 Å². The zero-order chi connectivity index (χ0) is 23.8. The Bertz CT molecular complexity index is 1030. The molecule has 2 aromatic rings. The second-order valence-electron chi connectivity index (χ2n) is 6.45. The summed E-state index contributed by atoms with van der Waals surface area (Å²) in [5, 5.41) is 6.54. The van der Waals surface area contributed by atoms with Crippen molar-refractivity contribution in [2.24, 2.45) is 5.73 Å². The zero-order valence-electron chi connectivity index (χ0n) is 16.7. The number of halogens is 3. The zero-order valence-corrected chi connectivity index (χ0v) is 16.7. The van der Waals surface area contributed by atoms with Gasteiger partial charge < -0.3 is 26.4 Å². The van der Waals surface area contributed by atoms with Gasteiger partial charge in [0.15, 0.2) is 23.6 Å². The minimum absolute atomic E-state index is 0.138. The highest BCUT2D eigenvalue weighted by Gasteiger charge is 2.20. The van der Waals surface area contributed by atoms with Crippen LogP contribution in [0.15, 0.2) is 36.4 Å². The van der Waals surface area contributed by atoms with Gasteiger partial charge in [0.2, 0.25) is 5.91 Å². The molecule has 0 aliphatic carbocycles. The van der Waals surface area contributed by atoms with Gasteiger partial charge in [0.05, 0.1) is 17.8 Å². The van der Waals surface area contributed by atoms with E-state index in [0.717, 1.165) is 6.07 Å². The van der Waals surface area contributed by atoms with Crippen molar-refractivity contribution in [1.82, 2.24) is 10.6 Å². The molecule has 0 aliphatic rings. The molecule has 0 spiro atoms. The summed E-state index contributed by atoms with van der Waals surface area (Å²) in [5.74, 6) is -7.28. The highest BCUT2D eigenvalue weighted by atomic mass is 19.2. The van der Waals surface area contributed by atoms with Gasteiger partial charge in [-0.15, -0.1) is 0 Å². The molecule has 0 heterocycles. The second kappa shape index (κ2) is 10.8. The summed E-state index contributed by atoms with van der Waals surface area (Å²) in [5.41, 5.74) is 5.18. The molecular weight excluding hydrogens is 433 g/mol. The first kappa shape index (κ1) is 24.2. The predicted octanol–water partition coefficient (Wildman–Crippen LogP) is 1.57. The van der Waals surface area contributed by atoms with E-state index in [-0.39, 0.29) is 12.1 Å². The fourth-order valence-electron chi connectivity index (χ4n) is 2.36. The third kappa shape index (κ3) is 6.72. The van der Waals surface area contributed by atoms with Gasteiger partial charge >= 0.3 is 12.0 Å². The van der Waals surface area contributed by atoms with Crippen LogP contribution in [0.4, 0.5) is 23.7 Å². The Kier molecular flexibility index (Phi) is 8.16. The molecule has 4 amide bonds. The van der Waals surface area contributed by atoms with Crippen molar-refractivity contribution >= 4 is 29.5 Å². The van der Waals surface area contributed by atoms with Crippen molar-refractivity contribution in [3.63, 3.8) is 0 Å². The number of hydrogen-bond acceptors (Lipinski definition) is 5. The number of amides is 4. The van der Waals surface area contributed by atoms with E-state index in [9.17, 15) is 32.3 Å². The number of urea groups is 1. The summed E-state index contributed by atoms with van der Waals surface area (Å²) in [6, 6.07) is 6.72. The Labute approximate surface area is 180 Å². The summed E-state index contributed by atoms with van der Waals surface area (Å²) in [6.07, 6.45) is -1.27. The average molecular weight is 452 g/mol. The maximum absolute atomic E-state index is 13.6. The van der Waals surface area contributed by atoms with Crippen LogP contribution in [0.3, 0.4) is 0 Å². The van der Waals surface area contributed by atoms with Gasteiger partial charge in [-0.3, -0.25) is 9.59 Å². The number of hydrogen-bond donors (Lipinski definition) is 4. The van der Waals surface area contributed by atoms with E-state index in [0.29, 0.717) is 11.6 Å². The Morgan fingerprint density at radius 3 is 2.25 bits per heavy atom. The monoisotopic (exact) mass is 452 g/mol. The highest BCUT2D eigenvalue weighted by molar-refractivity contribution is 5.96. The summed E-state index contributed by atoms with van der Waals surface area (Å²) >= 11 is 0. The first-order valence-corrected chi connectivity index (χ1v) is 9.12. The van der Waals surface area contributed by atoms with E-state index in [2.05, 4.69) is 10.6 Å². The molecule has 1 unspecified atom stereocenters. The molecule has 0 radical (unpaired) electrons. The number of ether oxygens (including phenoxy) is 1. The Hall–Kier alpha value is -4.09. The third-order valence-electron chi connectivity index (χ3n) is 4.04. The van der Waals surface area contributed by atoms with E-state index < -0.39 is 59.6 Å². The molecule has 5 N–H and O–H groups in total. The fraction of sp³-hybridized carbons (Fsp3) is 0.200. The topological polar surface area (TPSA) is 140 Å². The summed E-state index contributed by atoms with van der Waals surface area (Å²) < 4.78 is 44.6. The van der Waals surface area contributed by atoms with Crippen molar-refractivity contribution < 1.29 is 37.1 Å². The molecule has 32 heavy (non-hydrogen) atoms. The van der Waals surface area contributed by atoms with Crippen LogP contribution in [0.25, 0.3) is 0 Å². The number of nitrogens with two attached hydrogens (primary N) is 1. The quantitative estimate of drug-likeness (QED) is 0.356. The van der Waals surface area contributed by atoms with Crippen LogP contribution in [-0.4, -0.2) is 36.5 Å². The van der Waals surface area contributed by atoms with Crippen LogP contribution in [0.2, 0.25) is 0 Å². The number of rotatable bonds is 8. The van der Waals surface area contributed by atoms with Gasteiger partial charge in [-0.05, 0) is 36.8 Å². The number of primary amides is 1. The number of carbonyl (C=O) groups excluding carboxylic acids is 4. The van der Waals surface area contributed by atoms with E-state index >= 15 is 0 Å². The molecule has 2 aromatic carbocycles. The smallest absolute Gasteiger partial charge is 0.338 e. The van der Waals surface area contributed by atoms with E-state index in [4.69, 9.17) is 10.5 Å². The van der Waals surface area contributed by atoms with Crippen molar-refractivity contribution in [1.29, 1.82) is 0 Å². The molecule has 0 aromatic heterocycles. The largest absolute Gasteiger partial charge is 0.449 e. The molecule has 0 saturated carbocycles. The molecule has 2 rings (SSSR count). The van der Waals surface area contributed by atoms with Gasteiger partial charge in [0.25, 0.3) is 5.91 Å². The first-order chi connectivity index (χ1) is 15.1. The summed E-state index contributed by atoms with van der Waals surface area (Å²) in [7, 11) is 0. The highest BCUT2D eigenvalue weighted by Crippen LogP contribution is 2.19. The lowest BCUT2D eigenvalue weighted by Crippen LogP contribution is -2.40. The van der Waals surface area contributed by atoms with Crippen LogP contribution in [0.5, 0.6) is 0 Å². The van der Waals surface area contributed by atoms with Gasteiger partial charge in [-0.2, -0.15) is 0 Å². The minimum atomic E-state index is -1.75. The van der Waals surface area contributed by atoms with Crippen molar-refractivity contribution in [3.8, 4) is 0 Å². The lowest BCUT2D eigenvalue weighted by molar-refractivity contribution is -0.130. The SMILES string of the molecule is CC(OC(=O)c1ccc(CNC(N)=O)cc1)C(=O)NCC(=O)Nc1ccc(F)c(F)c1F. The van der Waals surface area contributed by atoms with Crippen LogP contribution in [0.1, 0.15) is 22.8 Å². The number of nitrogens with one attached hydrogen (secondary N) is 3. The van der Waals surface area contributed by atoms with E-state index in [1.54, 1.807) is 12.1 Å². The summed E-state index contributed by atoms with van der Waals surface area (Å²) in [6.45, 7) is 0.798. The second-order valence-corrected chi connectivity index (χ2v) is 6.45. The number of anilines is 1. The number of benzene rings is 2. The molecular formula is C20H19F3N4O5. The van der Waals surface area contributed by atoms with Crippen LogP contribution in [0, 0.1) is 17.5 Å².